The summed E-state index contributed by atoms with van der Waals surface area (Å²) in [7, 11) is 0. The Hall–Kier alpha value is -1.81. The Labute approximate surface area is 126 Å². The van der Waals surface area contributed by atoms with Crippen molar-refractivity contribution in [2.45, 2.75) is 19.4 Å². The van der Waals surface area contributed by atoms with Crippen molar-refractivity contribution in [2.75, 3.05) is 5.32 Å². The molecular formula is C16H16BrN3. The molecule has 0 amide bonds. The molecule has 0 aliphatic rings. The summed E-state index contributed by atoms with van der Waals surface area (Å²) >= 11 is 3.53. The van der Waals surface area contributed by atoms with Gasteiger partial charge in [0.25, 0.3) is 0 Å². The van der Waals surface area contributed by atoms with E-state index in [0.717, 1.165) is 27.5 Å². The van der Waals surface area contributed by atoms with Crippen LogP contribution in [0.2, 0.25) is 0 Å². The maximum atomic E-state index is 4.05. The monoisotopic (exact) mass is 329 g/mol. The third kappa shape index (κ3) is 2.70. The zero-order valence-electron chi connectivity index (χ0n) is 11.2. The van der Waals surface area contributed by atoms with Gasteiger partial charge in [0.1, 0.15) is 0 Å². The number of anilines is 1. The summed E-state index contributed by atoms with van der Waals surface area (Å²) in [6.07, 6.45) is 2.86. The first-order valence-corrected chi connectivity index (χ1v) is 7.50. The third-order valence-electron chi connectivity index (χ3n) is 3.44. The second kappa shape index (κ2) is 5.67. The summed E-state index contributed by atoms with van der Waals surface area (Å²) in [5.41, 5.74) is 3.44. The van der Waals surface area contributed by atoms with Crippen molar-refractivity contribution < 1.29 is 0 Å². The van der Waals surface area contributed by atoms with E-state index in [9.17, 15) is 0 Å². The Morgan fingerprint density at radius 1 is 1.25 bits per heavy atom. The average Bonchev–Trinajstić information content (AvgIpc) is 2.92. The Morgan fingerprint density at radius 2 is 2.15 bits per heavy atom. The Bertz CT molecular complexity index is 720. The van der Waals surface area contributed by atoms with Crippen LogP contribution in [0.3, 0.4) is 0 Å². The van der Waals surface area contributed by atoms with Crippen molar-refractivity contribution in [1.29, 1.82) is 0 Å². The number of hydrogen-bond acceptors (Lipinski definition) is 2. The number of aromatic amines is 1. The summed E-state index contributed by atoms with van der Waals surface area (Å²) in [4.78, 5) is 0. The van der Waals surface area contributed by atoms with Crippen LogP contribution in [0.1, 0.15) is 24.9 Å². The smallest absolute Gasteiger partial charge is 0.0670 e. The van der Waals surface area contributed by atoms with Gasteiger partial charge in [-0.05, 0) is 42.3 Å². The predicted molar refractivity (Wildman–Crippen MR) is 86.9 cm³/mol. The van der Waals surface area contributed by atoms with Gasteiger partial charge < -0.3 is 5.32 Å². The Kier molecular flexibility index (Phi) is 3.74. The molecule has 0 saturated carbocycles. The minimum atomic E-state index is 0.299. The van der Waals surface area contributed by atoms with Crippen molar-refractivity contribution in [3.05, 3.63) is 58.7 Å². The lowest BCUT2D eigenvalue weighted by Crippen LogP contribution is -2.09. The number of aromatic nitrogens is 2. The molecule has 1 atom stereocenters. The first-order valence-electron chi connectivity index (χ1n) is 6.71. The number of H-pyrrole nitrogens is 1. The quantitative estimate of drug-likeness (QED) is 0.715. The molecule has 20 heavy (non-hydrogen) atoms. The number of nitrogens with one attached hydrogen (secondary N) is 2. The van der Waals surface area contributed by atoms with Gasteiger partial charge in [0, 0.05) is 15.5 Å². The molecule has 0 aliphatic heterocycles. The van der Waals surface area contributed by atoms with E-state index in [2.05, 4.69) is 74.8 Å². The summed E-state index contributed by atoms with van der Waals surface area (Å²) in [6, 6.07) is 15.0. The van der Waals surface area contributed by atoms with Crippen LogP contribution < -0.4 is 5.32 Å². The second-order valence-electron chi connectivity index (χ2n) is 4.83. The summed E-state index contributed by atoms with van der Waals surface area (Å²) < 4.78 is 1.11. The van der Waals surface area contributed by atoms with Crippen LogP contribution in [0, 0.1) is 0 Å². The van der Waals surface area contributed by atoms with E-state index in [4.69, 9.17) is 0 Å². The minimum Gasteiger partial charge on any atom is -0.378 e. The van der Waals surface area contributed by atoms with Gasteiger partial charge in [-0.1, -0.05) is 35.0 Å². The van der Waals surface area contributed by atoms with Crippen LogP contribution in [-0.2, 0) is 0 Å². The molecule has 3 aromatic rings. The number of halogens is 1. The second-order valence-corrected chi connectivity index (χ2v) is 5.75. The molecule has 2 N–H and O–H groups in total. The maximum absolute atomic E-state index is 4.05. The number of fused-ring (bicyclic) bond motifs is 1. The van der Waals surface area contributed by atoms with E-state index >= 15 is 0 Å². The molecular weight excluding hydrogens is 314 g/mol. The third-order valence-corrected chi connectivity index (χ3v) is 3.94. The van der Waals surface area contributed by atoms with E-state index in [0.29, 0.717) is 6.04 Å². The van der Waals surface area contributed by atoms with E-state index in [1.807, 2.05) is 12.3 Å². The Morgan fingerprint density at radius 3 is 2.95 bits per heavy atom. The molecule has 0 spiro atoms. The standard InChI is InChI=1S/C16H16BrN3/c1-2-15(11-4-3-5-13(17)8-11)19-14-7-6-12-10-18-20-16(12)9-14/h3-10,15,19H,2H2,1H3,(H,18,20). The van der Waals surface area contributed by atoms with Crippen LogP contribution in [0.4, 0.5) is 5.69 Å². The highest BCUT2D eigenvalue weighted by Crippen LogP contribution is 2.26. The molecule has 1 heterocycles. The Balaban J connectivity index is 1.87. The van der Waals surface area contributed by atoms with Crippen molar-refractivity contribution in [3.8, 4) is 0 Å². The number of hydrogen-bond donors (Lipinski definition) is 2. The SMILES string of the molecule is CCC(Nc1ccc2cn[nH]c2c1)c1cccc(Br)c1. The van der Waals surface area contributed by atoms with Gasteiger partial charge in [0.15, 0.2) is 0 Å². The van der Waals surface area contributed by atoms with Crippen LogP contribution >= 0.6 is 15.9 Å². The molecule has 3 nitrogen and oxygen atoms in total. The van der Waals surface area contributed by atoms with Gasteiger partial charge in [-0.15, -0.1) is 0 Å². The molecule has 4 heteroatoms. The van der Waals surface area contributed by atoms with Gasteiger partial charge in [0.05, 0.1) is 17.8 Å². The van der Waals surface area contributed by atoms with Gasteiger partial charge >= 0.3 is 0 Å². The molecule has 102 valence electrons. The molecule has 0 radical (unpaired) electrons. The van der Waals surface area contributed by atoms with E-state index in [-0.39, 0.29) is 0 Å². The highest BCUT2D eigenvalue weighted by molar-refractivity contribution is 9.10. The molecule has 0 fully saturated rings. The van der Waals surface area contributed by atoms with Crippen LogP contribution in [0.15, 0.2) is 53.1 Å². The highest BCUT2D eigenvalue weighted by Gasteiger charge is 2.10. The fourth-order valence-corrected chi connectivity index (χ4v) is 2.79. The lowest BCUT2D eigenvalue weighted by atomic mass is 10.0. The van der Waals surface area contributed by atoms with Gasteiger partial charge in [-0.2, -0.15) is 5.10 Å². The molecule has 3 rings (SSSR count). The lowest BCUT2D eigenvalue weighted by Gasteiger charge is -2.19. The van der Waals surface area contributed by atoms with Gasteiger partial charge in [0.2, 0.25) is 0 Å². The summed E-state index contributed by atoms with van der Waals surface area (Å²) in [5.74, 6) is 0. The minimum absolute atomic E-state index is 0.299. The van der Waals surface area contributed by atoms with E-state index < -0.39 is 0 Å². The molecule has 0 saturated heterocycles. The van der Waals surface area contributed by atoms with Crippen LogP contribution in [-0.4, -0.2) is 10.2 Å². The predicted octanol–water partition coefficient (Wildman–Crippen LogP) is 4.89. The fraction of sp³-hybridized carbons (Fsp3) is 0.188. The first-order chi connectivity index (χ1) is 9.76. The van der Waals surface area contributed by atoms with Crippen molar-refractivity contribution in [3.63, 3.8) is 0 Å². The number of nitrogens with zero attached hydrogens (tertiary/aromatic N) is 1. The highest BCUT2D eigenvalue weighted by atomic mass is 79.9. The van der Waals surface area contributed by atoms with Crippen LogP contribution in [0.5, 0.6) is 0 Å². The van der Waals surface area contributed by atoms with Crippen molar-refractivity contribution >= 4 is 32.5 Å². The van der Waals surface area contributed by atoms with Crippen molar-refractivity contribution in [1.82, 2.24) is 10.2 Å². The van der Waals surface area contributed by atoms with Crippen molar-refractivity contribution in [2.24, 2.45) is 0 Å². The first kappa shape index (κ1) is 13.2. The molecule has 1 aromatic heterocycles. The number of benzene rings is 2. The number of rotatable bonds is 4. The molecule has 1 unspecified atom stereocenters. The van der Waals surface area contributed by atoms with Gasteiger partial charge in [-0.25, -0.2) is 0 Å². The lowest BCUT2D eigenvalue weighted by molar-refractivity contribution is 0.749. The van der Waals surface area contributed by atoms with E-state index in [1.54, 1.807) is 0 Å². The molecule has 0 aliphatic carbocycles. The average molecular weight is 330 g/mol. The summed E-state index contributed by atoms with van der Waals surface area (Å²) in [6.45, 7) is 2.19. The van der Waals surface area contributed by atoms with E-state index in [1.165, 1.54) is 5.56 Å². The largest absolute Gasteiger partial charge is 0.378 e. The normalized spacial score (nSPS) is 12.5. The molecule has 2 aromatic carbocycles. The molecule has 0 bridgehead atoms. The zero-order chi connectivity index (χ0) is 13.9. The van der Waals surface area contributed by atoms with Gasteiger partial charge in [-0.3, -0.25) is 5.10 Å². The fourth-order valence-electron chi connectivity index (χ4n) is 2.37. The maximum Gasteiger partial charge on any atom is 0.0670 e. The van der Waals surface area contributed by atoms with Crippen LogP contribution in [0.25, 0.3) is 10.9 Å². The zero-order valence-corrected chi connectivity index (χ0v) is 12.8. The summed E-state index contributed by atoms with van der Waals surface area (Å²) in [5, 5.41) is 11.8. The topological polar surface area (TPSA) is 40.7 Å².